The molecule has 48 heavy (non-hydrogen) atoms. The summed E-state index contributed by atoms with van der Waals surface area (Å²) >= 11 is 0. The fourth-order valence-electron chi connectivity index (χ4n) is 4.00. The van der Waals surface area contributed by atoms with Crippen molar-refractivity contribution in [2.24, 2.45) is 4.36 Å². The van der Waals surface area contributed by atoms with E-state index in [1.165, 1.54) is 18.4 Å². The van der Waals surface area contributed by atoms with E-state index in [9.17, 15) is 32.1 Å². The van der Waals surface area contributed by atoms with Crippen molar-refractivity contribution in [3.63, 3.8) is 0 Å². The second-order valence-electron chi connectivity index (χ2n) is 10.1. The molecule has 4 aromatic rings. The highest BCUT2D eigenvalue weighted by atomic mass is 32.2. The molecule has 0 saturated carbocycles. The summed E-state index contributed by atoms with van der Waals surface area (Å²) in [6.07, 6.45) is -1.84. The van der Waals surface area contributed by atoms with Crippen molar-refractivity contribution in [3.05, 3.63) is 84.6 Å². The Hall–Kier alpha value is -5.22. The first-order chi connectivity index (χ1) is 22.8. The summed E-state index contributed by atoms with van der Waals surface area (Å²) in [7, 11) is -1.15. The normalized spacial score (nSPS) is 12.7. The number of anilines is 5. The number of benzene rings is 3. The molecule has 0 bridgehead atoms. The lowest BCUT2D eigenvalue weighted by Crippen LogP contribution is -2.21. The molecule has 5 N–H and O–H groups in total. The molecule has 3 aromatic carbocycles. The van der Waals surface area contributed by atoms with Gasteiger partial charge in [-0.2, -0.15) is 18.2 Å². The van der Waals surface area contributed by atoms with Crippen LogP contribution in [-0.2, 0) is 25.4 Å². The summed E-state index contributed by atoms with van der Waals surface area (Å²) in [5.41, 5.74) is 2.59. The number of carbonyl (C=O) groups excluding carboxylic acids is 2. The van der Waals surface area contributed by atoms with Crippen LogP contribution in [0, 0.1) is 0 Å². The fraction of sp³-hybridized carbons (Fsp3) is 0.250. The molecular formula is C32H36F3N7O5S. The minimum atomic E-state index is -4.37. The van der Waals surface area contributed by atoms with Crippen LogP contribution in [-0.4, -0.2) is 64.3 Å². The minimum absolute atomic E-state index is 0.0677. The van der Waals surface area contributed by atoms with Gasteiger partial charge in [0.05, 0.1) is 28.5 Å². The van der Waals surface area contributed by atoms with Crippen LogP contribution in [0.2, 0.25) is 0 Å². The predicted octanol–water partition coefficient (Wildman–Crippen LogP) is 6.61. The number of rotatable bonds is 11. The van der Waals surface area contributed by atoms with Gasteiger partial charge in [0.2, 0.25) is 12.4 Å². The van der Waals surface area contributed by atoms with Crippen molar-refractivity contribution in [1.29, 1.82) is 0 Å². The Morgan fingerprint density at radius 2 is 1.75 bits per heavy atom. The Labute approximate surface area is 276 Å². The summed E-state index contributed by atoms with van der Waals surface area (Å²) in [5.74, 6) is 0.851. The molecule has 12 nitrogen and oxygen atoms in total. The van der Waals surface area contributed by atoms with Crippen LogP contribution >= 0.6 is 0 Å². The quantitative estimate of drug-likeness (QED) is 0.108. The number of halogens is 3. The SMILES string of the molecule is CCOC(=O)N=S(C)(=O)c1cccc(Nc2ncc(-c3ccc(NC)cc3)c(N[C@H](C)CO)n2)c1.O=CNc1cccc(C(F)(F)F)c1. The first kappa shape index (κ1) is 37.2. The summed E-state index contributed by atoms with van der Waals surface area (Å²) in [6.45, 7) is 3.58. The van der Waals surface area contributed by atoms with Crippen LogP contribution in [0.1, 0.15) is 19.4 Å². The number of aliphatic hydroxyl groups excluding tert-OH is 1. The summed E-state index contributed by atoms with van der Waals surface area (Å²) in [5, 5.41) is 21.1. The number of ether oxygens (including phenoxy) is 1. The Balaban J connectivity index is 0.000000402. The molecule has 16 heteroatoms. The van der Waals surface area contributed by atoms with Gasteiger partial charge in [0, 0.05) is 53.1 Å². The molecule has 0 fully saturated rings. The van der Waals surface area contributed by atoms with E-state index in [1.807, 2.05) is 38.2 Å². The number of aliphatic hydroxyl groups is 1. The van der Waals surface area contributed by atoms with E-state index in [0.717, 1.165) is 28.9 Å². The highest BCUT2D eigenvalue weighted by Gasteiger charge is 2.30. The maximum absolute atomic E-state index is 13.0. The number of nitrogens with zero attached hydrogens (tertiary/aromatic N) is 3. The first-order valence-electron chi connectivity index (χ1n) is 14.5. The predicted molar refractivity (Wildman–Crippen MR) is 180 cm³/mol. The number of amides is 2. The number of hydrogen-bond acceptors (Lipinski definition) is 10. The Morgan fingerprint density at radius 3 is 2.38 bits per heavy atom. The minimum Gasteiger partial charge on any atom is -0.448 e. The molecule has 0 aliphatic heterocycles. The van der Waals surface area contributed by atoms with Gasteiger partial charge in [-0.3, -0.25) is 4.79 Å². The highest BCUT2D eigenvalue weighted by molar-refractivity contribution is 7.93. The van der Waals surface area contributed by atoms with E-state index in [-0.39, 0.29) is 24.9 Å². The van der Waals surface area contributed by atoms with E-state index < -0.39 is 27.6 Å². The summed E-state index contributed by atoms with van der Waals surface area (Å²) in [6, 6.07) is 18.7. The molecule has 1 aromatic heterocycles. The van der Waals surface area contributed by atoms with E-state index in [4.69, 9.17) is 4.74 Å². The molecule has 2 amide bonds. The second kappa shape index (κ2) is 17.1. The molecule has 1 unspecified atom stereocenters. The van der Waals surface area contributed by atoms with Gasteiger partial charge in [0.15, 0.2) is 0 Å². The van der Waals surface area contributed by atoms with Crippen molar-refractivity contribution >= 4 is 51.1 Å². The molecule has 0 saturated heterocycles. The number of aromatic nitrogens is 2. The maximum atomic E-state index is 13.0. The van der Waals surface area contributed by atoms with Crippen LogP contribution in [0.4, 0.5) is 46.8 Å². The van der Waals surface area contributed by atoms with E-state index in [1.54, 1.807) is 37.4 Å². The number of hydrogen-bond donors (Lipinski definition) is 5. The monoisotopic (exact) mass is 687 g/mol. The molecule has 256 valence electrons. The van der Waals surface area contributed by atoms with E-state index in [0.29, 0.717) is 28.8 Å². The number of carbonyl (C=O) groups is 2. The zero-order valence-corrected chi connectivity index (χ0v) is 27.4. The Kier molecular flexibility index (Phi) is 13.3. The van der Waals surface area contributed by atoms with Crippen LogP contribution in [0.5, 0.6) is 0 Å². The van der Waals surface area contributed by atoms with Gasteiger partial charge >= 0.3 is 12.3 Å². The van der Waals surface area contributed by atoms with Crippen LogP contribution in [0.3, 0.4) is 0 Å². The lowest BCUT2D eigenvalue weighted by Gasteiger charge is -2.17. The van der Waals surface area contributed by atoms with Gasteiger partial charge in [-0.1, -0.05) is 24.3 Å². The van der Waals surface area contributed by atoms with Gasteiger partial charge in [0.25, 0.3) is 0 Å². The largest absolute Gasteiger partial charge is 0.448 e. The third-order valence-electron chi connectivity index (χ3n) is 6.39. The highest BCUT2D eigenvalue weighted by Crippen LogP contribution is 2.31. The smallest absolute Gasteiger partial charge is 0.442 e. The molecular weight excluding hydrogens is 651 g/mol. The van der Waals surface area contributed by atoms with Gasteiger partial charge in [-0.05, 0) is 67.9 Å². The summed E-state index contributed by atoms with van der Waals surface area (Å²) in [4.78, 5) is 31.1. The lowest BCUT2D eigenvalue weighted by atomic mass is 10.1. The van der Waals surface area contributed by atoms with Gasteiger partial charge in [0.1, 0.15) is 5.82 Å². The number of nitrogens with one attached hydrogen (secondary N) is 4. The molecule has 0 aliphatic rings. The third kappa shape index (κ3) is 10.9. The molecule has 0 aliphatic carbocycles. The van der Waals surface area contributed by atoms with Gasteiger partial charge < -0.3 is 31.1 Å². The van der Waals surface area contributed by atoms with Crippen molar-refractivity contribution in [2.75, 3.05) is 47.8 Å². The fourth-order valence-corrected chi connectivity index (χ4v) is 5.11. The average molecular weight is 688 g/mol. The first-order valence-corrected chi connectivity index (χ1v) is 16.4. The van der Waals surface area contributed by atoms with Crippen LogP contribution < -0.4 is 21.3 Å². The van der Waals surface area contributed by atoms with Crippen LogP contribution in [0.15, 0.2) is 88.3 Å². The van der Waals surface area contributed by atoms with Crippen molar-refractivity contribution in [2.45, 2.75) is 31.0 Å². The van der Waals surface area contributed by atoms with Gasteiger partial charge in [-0.25, -0.2) is 14.0 Å². The Morgan fingerprint density at radius 1 is 1.06 bits per heavy atom. The van der Waals surface area contributed by atoms with E-state index >= 15 is 0 Å². The average Bonchev–Trinajstić information content (AvgIpc) is 3.05. The van der Waals surface area contributed by atoms with Crippen molar-refractivity contribution in [3.8, 4) is 11.1 Å². The third-order valence-corrected chi connectivity index (χ3v) is 8.02. The zero-order chi connectivity index (χ0) is 35.3. The molecule has 4 rings (SSSR count). The second-order valence-corrected chi connectivity index (χ2v) is 12.4. The number of alkyl halides is 3. The van der Waals surface area contributed by atoms with E-state index in [2.05, 4.69) is 35.6 Å². The molecule has 0 spiro atoms. The molecule has 0 radical (unpaired) electrons. The molecule has 1 heterocycles. The zero-order valence-electron chi connectivity index (χ0n) is 26.5. The molecule has 2 atom stereocenters. The van der Waals surface area contributed by atoms with Gasteiger partial charge in [-0.15, -0.1) is 4.36 Å². The standard InChI is InChI=1S/C24H30N6O4S.C8H6F3NO/c1-5-34-24(32)30-35(4,33)20-8-6-7-19(13-20)28-23-26-14-21(22(29-23)27-16(2)15-31)17-9-11-18(25-3)12-10-17;9-8(10,11)6-2-1-3-7(4-6)12-5-13/h6-14,16,25,31H,5,15H2,1-4H3,(H2,26,27,28,29);1-5H,(H,12,13)/t16-,35?;/m1./s1. The summed E-state index contributed by atoms with van der Waals surface area (Å²) < 4.78 is 57.7. The Bertz CT molecular complexity index is 1810. The van der Waals surface area contributed by atoms with Crippen molar-refractivity contribution < 1.29 is 36.8 Å². The maximum Gasteiger partial charge on any atom is 0.442 e. The van der Waals surface area contributed by atoms with Crippen LogP contribution in [0.25, 0.3) is 11.1 Å². The van der Waals surface area contributed by atoms with Crippen molar-refractivity contribution in [1.82, 2.24) is 9.97 Å². The topological polar surface area (TPSA) is 167 Å². The lowest BCUT2D eigenvalue weighted by molar-refractivity contribution is -0.137.